The molecule has 0 bridgehead atoms. The Hall–Kier alpha value is -5.19. The molecule has 0 radical (unpaired) electrons. The first-order valence-electron chi connectivity index (χ1n) is 13.8. The minimum absolute atomic E-state index is 0.129. The van der Waals surface area contributed by atoms with E-state index >= 15 is 0 Å². The molecule has 0 aliphatic carbocycles. The average Bonchev–Trinajstić information content (AvgIpc) is 3.44. The fraction of sp³-hybridized carbons (Fsp3) is 0.250. The lowest BCUT2D eigenvalue weighted by Gasteiger charge is -2.28. The molecule has 2 amide bonds. The maximum Gasteiger partial charge on any atom is 0.298 e. The van der Waals surface area contributed by atoms with Gasteiger partial charge in [-0.05, 0) is 68.7 Å². The predicted octanol–water partition coefficient (Wildman–Crippen LogP) is 4.50. The van der Waals surface area contributed by atoms with E-state index in [1.165, 1.54) is 65.4 Å². The standard InChI is InChI=1S/C28H20F3N5O3.C4H11NO/c1-39-24-11-2-17(14-18(24)15-32)26(37)34-23-16-33-36-13-12-35(27(38)25(23)36)22-9-5-20(6-10-22)28(30,31)19-3-7-21(29)8-4-19;1-5(2)3-4-6/h2-11,14,16H,12-13H2,1H3,(H,34,37);6H,3-4H2,1-2H3. The lowest BCUT2D eigenvalue weighted by molar-refractivity contribution is 0.0428. The molecule has 3 aromatic carbocycles. The minimum Gasteiger partial charge on any atom is -0.495 e. The van der Waals surface area contributed by atoms with Gasteiger partial charge < -0.3 is 25.0 Å². The molecule has 1 aliphatic rings. The molecule has 0 saturated heterocycles. The molecule has 2 heterocycles. The Labute approximate surface area is 257 Å². The lowest BCUT2D eigenvalue weighted by atomic mass is 10.00. The monoisotopic (exact) mass is 620 g/mol. The Kier molecular flexibility index (Phi) is 10.2. The highest BCUT2D eigenvalue weighted by Gasteiger charge is 2.35. The summed E-state index contributed by atoms with van der Waals surface area (Å²) >= 11 is 0. The second-order valence-corrected chi connectivity index (χ2v) is 10.2. The summed E-state index contributed by atoms with van der Waals surface area (Å²) in [7, 11) is 5.27. The molecule has 0 saturated carbocycles. The maximum atomic E-state index is 15.0. The maximum absolute atomic E-state index is 15.0. The van der Waals surface area contributed by atoms with Gasteiger partial charge in [0, 0.05) is 35.5 Å². The van der Waals surface area contributed by atoms with Gasteiger partial charge in [-0.25, -0.2) is 4.39 Å². The molecule has 234 valence electrons. The number of carbonyl (C=O) groups excluding carboxylic acids is 2. The van der Waals surface area contributed by atoms with Gasteiger partial charge in [0.2, 0.25) is 0 Å². The number of aromatic nitrogens is 2. The third-order valence-corrected chi connectivity index (χ3v) is 6.95. The molecule has 0 spiro atoms. The highest BCUT2D eigenvalue weighted by atomic mass is 19.3. The van der Waals surface area contributed by atoms with Crippen molar-refractivity contribution in [3.63, 3.8) is 0 Å². The molecule has 5 rings (SSSR count). The number of hydrogen-bond donors (Lipinski definition) is 2. The van der Waals surface area contributed by atoms with Crippen molar-refractivity contribution >= 4 is 23.2 Å². The Morgan fingerprint density at radius 3 is 2.29 bits per heavy atom. The van der Waals surface area contributed by atoms with E-state index in [2.05, 4.69) is 10.4 Å². The first-order chi connectivity index (χ1) is 21.5. The smallest absolute Gasteiger partial charge is 0.298 e. The van der Waals surface area contributed by atoms with Crippen molar-refractivity contribution in [3.05, 3.63) is 107 Å². The molecule has 0 fully saturated rings. The number of anilines is 2. The summed E-state index contributed by atoms with van der Waals surface area (Å²) < 4.78 is 49.6. The van der Waals surface area contributed by atoms with E-state index in [-0.39, 0.29) is 46.8 Å². The van der Waals surface area contributed by atoms with Gasteiger partial charge in [0.1, 0.15) is 23.3 Å². The van der Waals surface area contributed by atoms with Crippen LogP contribution in [0, 0.1) is 17.1 Å². The molecule has 45 heavy (non-hydrogen) atoms. The summed E-state index contributed by atoms with van der Waals surface area (Å²) in [5, 5.41) is 24.3. The van der Waals surface area contributed by atoms with Crippen LogP contribution in [0.5, 0.6) is 5.75 Å². The number of fused-ring (bicyclic) bond motifs is 1. The molecule has 2 N–H and O–H groups in total. The Balaban J connectivity index is 0.000000700. The van der Waals surface area contributed by atoms with Crippen LogP contribution in [0.25, 0.3) is 0 Å². The first kappa shape index (κ1) is 32.7. The molecule has 1 aliphatic heterocycles. The number of carbonyl (C=O) groups is 2. The van der Waals surface area contributed by atoms with Crippen LogP contribution in [-0.4, -0.2) is 72.5 Å². The fourth-order valence-corrected chi connectivity index (χ4v) is 4.55. The van der Waals surface area contributed by atoms with Gasteiger partial charge >= 0.3 is 0 Å². The van der Waals surface area contributed by atoms with Crippen LogP contribution in [0.1, 0.15) is 37.5 Å². The number of rotatable bonds is 8. The number of likely N-dealkylation sites (N-methyl/N-ethyl adjacent to an activating group) is 1. The van der Waals surface area contributed by atoms with Crippen molar-refractivity contribution in [1.29, 1.82) is 5.26 Å². The molecular formula is C32H31F3N6O4. The summed E-state index contributed by atoms with van der Waals surface area (Å²) in [6.45, 7) is 1.57. The molecule has 4 aromatic rings. The number of alkyl halides is 2. The van der Waals surface area contributed by atoms with E-state index in [1.807, 2.05) is 25.1 Å². The third kappa shape index (κ3) is 7.31. The molecule has 13 heteroatoms. The number of methoxy groups -OCH3 is 1. The van der Waals surface area contributed by atoms with Gasteiger partial charge in [0.05, 0.1) is 37.7 Å². The van der Waals surface area contributed by atoms with E-state index in [9.17, 15) is 28.0 Å². The Morgan fingerprint density at radius 2 is 1.73 bits per heavy atom. The van der Waals surface area contributed by atoms with Crippen molar-refractivity contribution < 1.29 is 32.6 Å². The second kappa shape index (κ2) is 14.1. The zero-order chi connectivity index (χ0) is 32.7. The minimum atomic E-state index is -3.36. The number of benzene rings is 3. The number of ether oxygens (including phenoxy) is 1. The Morgan fingerprint density at radius 1 is 1.09 bits per heavy atom. The molecule has 1 aromatic heterocycles. The second-order valence-electron chi connectivity index (χ2n) is 10.2. The molecule has 10 nitrogen and oxygen atoms in total. The number of aliphatic hydroxyl groups is 1. The summed E-state index contributed by atoms with van der Waals surface area (Å²) in [5.41, 5.74) is 0.387. The van der Waals surface area contributed by atoms with Crippen LogP contribution in [-0.2, 0) is 12.5 Å². The molecule has 0 unspecified atom stereocenters. The van der Waals surface area contributed by atoms with Gasteiger partial charge in [-0.2, -0.15) is 19.1 Å². The summed E-state index contributed by atoms with van der Waals surface area (Å²) in [6.07, 6.45) is 1.36. The van der Waals surface area contributed by atoms with Gasteiger partial charge in [-0.3, -0.25) is 14.3 Å². The number of nitrogens with one attached hydrogen (secondary N) is 1. The predicted molar refractivity (Wildman–Crippen MR) is 161 cm³/mol. The number of nitriles is 1. The van der Waals surface area contributed by atoms with Crippen molar-refractivity contribution in [2.24, 2.45) is 0 Å². The number of nitrogens with zero attached hydrogens (tertiary/aromatic N) is 5. The van der Waals surface area contributed by atoms with Crippen LogP contribution in [0.2, 0.25) is 0 Å². The van der Waals surface area contributed by atoms with E-state index in [0.717, 1.165) is 30.8 Å². The molecule has 0 atom stereocenters. The number of hydrogen-bond acceptors (Lipinski definition) is 7. The lowest BCUT2D eigenvalue weighted by Crippen LogP contribution is -2.41. The van der Waals surface area contributed by atoms with Crippen molar-refractivity contribution in [2.75, 3.05) is 51.1 Å². The SMILES string of the molecule is CN(C)CCO.COc1ccc(C(=O)Nc2cnn3c2C(=O)N(c2ccc(C(F)(F)c4ccc(F)cc4)cc2)CC3)cc1C#N. The zero-order valence-corrected chi connectivity index (χ0v) is 24.8. The number of aliphatic hydroxyl groups excluding tert-OH is 1. The van der Waals surface area contributed by atoms with Crippen LogP contribution in [0.3, 0.4) is 0 Å². The zero-order valence-electron chi connectivity index (χ0n) is 24.8. The van der Waals surface area contributed by atoms with Gasteiger partial charge in [0.25, 0.3) is 17.7 Å². The van der Waals surface area contributed by atoms with Gasteiger partial charge in [-0.15, -0.1) is 0 Å². The average molecular weight is 621 g/mol. The highest BCUT2D eigenvalue weighted by molar-refractivity contribution is 6.13. The first-order valence-corrected chi connectivity index (χ1v) is 13.8. The van der Waals surface area contributed by atoms with E-state index in [4.69, 9.17) is 9.84 Å². The van der Waals surface area contributed by atoms with Gasteiger partial charge in [-0.1, -0.05) is 12.1 Å². The number of halogens is 3. The summed E-state index contributed by atoms with van der Waals surface area (Å²) in [5.74, 6) is -4.67. The largest absolute Gasteiger partial charge is 0.495 e. The topological polar surface area (TPSA) is 124 Å². The van der Waals surface area contributed by atoms with Crippen LogP contribution in [0.15, 0.2) is 72.9 Å². The van der Waals surface area contributed by atoms with E-state index < -0.39 is 23.6 Å². The highest BCUT2D eigenvalue weighted by Crippen LogP contribution is 2.37. The van der Waals surface area contributed by atoms with Crippen molar-refractivity contribution in [3.8, 4) is 11.8 Å². The third-order valence-electron chi connectivity index (χ3n) is 6.95. The van der Waals surface area contributed by atoms with Crippen LogP contribution < -0.4 is 15.0 Å². The van der Waals surface area contributed by atoms with Crippen LogP contribution in [0.4, 0.5) is 24.5 Å². The van der Waals surface area contributed by atoms with E-state index in [1.54, 1.807) is 0 Å². The molecular weight excluding hydrogens is 589 g/mol. The summed E-state index contributed by atoms with van der Waals surface area (Å²) in [6, 6.07) is 15.6. The van der Waals surface area contributed by atoms with Crippen molar-refractivity contribution in [2.45, 2.75) is 12.5 Å². The van der Waals surface area contributed by atoms with Gasteiger partial charge in [0.15, 0.2) is 0 Å². The summed E-state index contributed by atoms with van der Waals surface area (Å²) in [4.78, 5) is 29.6. The fourth-order valence-electron chi connectivity index (χ4n) is 4.55. The van der Waals surface area contributed by atoms with Crippen molar-refractivity contribution in [1.82, 2.24) is 14.7 Å². The Bertz CT molecular complexity index is 1700. The van der Waals surface area contributed by atoms with Crippen LogP contribution >= 0.6 is 0 Å². The normalized spacial score (nSPS) is 12.6. The number of amides is 2. The quantitative estimate of drug-likeness (QED) is 0.298. The van der Waals surface area contributed by atoms with E-state index in [0.29, 0.717) is 18.0 Å².